The van der Waals surface area contributed by atoms with Crippen molar-refractivity contribution < 1.29 is 28.8 Å². The van der Waals surface area contributed by atoms with E-state index in [-0.39, 0.29) is 47.5 Å². The summed E-state index contributed by atoms with van der Waals surface area (Å²) in [6.07, 6.45) is 6.09. The standard InChI is InChI=1S/C52H70N16O6S2/c1-35(53-3)45(69)57-43(49(73)65-30-16-20-39(65)33-67-51(59-61-63-67)75-41-22-7-5-8-23-41)26-11-13-28-55-47(71)37-18-15-19-38(32-37)48(72)56-29-14-12-27-44(58-46(70)36(2)54-4)50(74)66-31-17-21-40(66)34-68-52(60-62-64-68)76-42-24-9-6-10-25-42/h5-10,15,18-19,22-25,32,35-36,39-40,43-44,53-54H,11-14,16-17,20-21,26-31,33-34H2,1-4H3,(H,55,71)(H,56,72)(H,57,69)(H,58,70)/t35-,36-,39-,40-,43-,44-/m0/s1. The number of carbonyl (C=O) groups is 6. The second-order valence-electron chi connectivity index (χ2n) is 19.0. The van der Waals surface area contributed by atoms with Gasteiger partial charge in [0.2, 0.25) is 33.9 Å². The van der Waals surface area contributed by atoms with E-state index in [0.29, 0.717) is 99.2 Å². The molecule has 24 heteroatoms. The summed E-state index contributed by atoms with van der Waals surface area (Å²) in [5.74, 6) is -1.58. The van der Waals surface area contributed by atoms with Crippen LogP contribution in [0.25, 0.3) is 0 Å². The molecule has 5 aromatic rings. The molecular weight excluding hydrogens is 1010 g/mol. The molecule has 3 aromatic carbocycles. The van der Waals surface area contributed by atoms with Crippen molar-refractivity contribution in [2.24, 2.45) is 0 Å². The molecule has 2 aliphatic heterocycles. The number of unbranched alkanes of at least 4 members (excludes halogenated alkanes) is 2. The minimum Gasteiger partial charge on any atom is -0.352 e. The van der Waals surface area contributed by atoms with Gasteiger partial charge in [0.15, 0.2) is 0 Å². The van der Waals surface area contributed by atoms with Crippen LogP contribution in [0.2, 0.25) is 0 Å². The Morgan fingerprint density at radius 2 is 1.00 bits per heavy atom. The summed E-state index contributed by atoms with van der Waals surface area (Å²) >= 11 is 2.90. The molecule has 0 aliphatic carbocycles. The lowest BCUT2D eigenvalue weighted by Crippen LogP contribution is -2.53. The molecule has 2 aromatic heterocycles. The van der Waals surface area contributed by atoms with Crippen LogP contribution in [-0.2, 0) is 32.3 Å². The number of benzene rings is 3. The Morgan fingerprint density at radius 1 is 0.579 bits per heavy atom. The molecule has 6 atom stereocenters. The zero-order valence-corrected chi connectivity index (χ0v) is 45.2. The number of hydrogen-bond acceptors (Lipinski definition) is 16. The van der Waals surface area contributed by atoms with Gasteiger partial charge >= 0.3 is 0 Å². The zero-order valence-electron chi connectivity index (χ0n) is 43.6. The molecule has 6 N–H and O–H groups in total. The maximum absolute atomic E-state index is 14.2. The van der Waals surface area contributed by atoms with Crippen LogP contribution >= 0.6 is 23.5 Å². The van der Waals surface area contributed by atoms with E-state index in [0.717, 1.165) is 35.5 Å². The van der Waals surface area contributed by atoms with Crippen molar-refractivity contribution in [3.63, 3.8) is 0 Å². The maximum Gasteiger partial charge on any atom is 0.251 e. The molecular formula is C52H70N16O6S2. The Kier molecular flexibility index (Phi) is 21.7. The second-order valence-corrected chi connectivity index (χ2v) is 21.1. The smallest absolute Gasteiger partial charge is 0.251 e. The summed E-state index contributed by atoms with van der Waals surface area (Å²) in [6.45, 7) is 6.04. The lowest BCUT2D eigenvalue weighted by molar-refractivity contribution is -0.138. The molecule has 2 fully saturated rings. The first-order valence-electron chi connectivity index (χ1n) is 26.1. The van der Waals surface area contributed by atoms with E-state index in [4.69, 9.17) is 0 Å². The Hall–Kier alpha value is -6.76. The molecule has 76 heavy (non-hydrogen) atoms. The third kappa shape index (κ3) is 16.1. The van der Waals surface area contributed by atoms with Crippen LogP contribution in [0.4, 0.5) is 0 Å². The Labute approximate surface area is 451 Å². The predicted molar refractivity (Wildman–Crippen MR) is 286 cm³/mol. The SMILES string of the molecule is CN[C@@H](C)C(=O)N[C@@H](CCCCNC(=O)c1cccc(C(=O)NCCCC[C@H](NC(=O)[C@H](C)NC)C(=O)N2CCC[C@H]2Cn2nnnc2Sc2ccccc2)c1)C(=O)N1CCC[C@H]1Cn1nnnc1Sc1ccccc1. The summed E-state index contributed by atoms with van der Waals surface area (Å²) in [5.41, 5.74) is 0.641. The van der Waals surface area contributed by atoms with Gasteiger partial charge in [-0.1, -0.05) is 42.5 Å². The molecule has 2 saturated heterocycles. The van der Waals surface area contributed by atoms with Gasteiger partial charge in [-0.2, -0.15) is 0 Å². The average Bonchev–Trinajstić information content (AvgIpc) is 4.30. The molecule has 406 valence electrons. The number of likely N-dealkylation sites (tertiary alicyclic amines) is 2. The van der Waals surface area contributed by atoms with Crippen LogP contribution < -0.4 is 31.9 Å². The highest BCUT2D eigenvalue weighted by Crippen LogP contribution is 2.29. The molecule has 0 unspecified atom stereocenters. The highest BCUT2D eigenvalue weighted by Gasteiger charge is 2.37. The monoisotopic (exact) mass is 1080 g/mol. The van der Waals surface area contributed by atoms with E-state index in [1.807, 2.05) is 70.5 Å². The van der Waals surface area contributed by atoms with Gasteiger partial charge in [0.1, 0.15) is 12.1 Å². The highest BCUT2D eigenvalue weighted by atomic mass is 32.2. The van der Waals surface area contributed by atoms with Gasteiger partial charge in [-0.15, -0.1) is 10.2 Å². The lowest BCUT2D eigenvalue weighted by atomic mass is 10.1. The van der Waals surface area contributed by atoms with Gasteiger partial charge in [0.25, 0.3) is 11.8 Å². The number of rotatable bonds is 28. The van der Waals surface area contributed by atoms with Crippen molar-refractivity contribution in [1.82, 2.24) is 82.1 Å². The molecule has 22 nitrogen and oxygen atoms in total. The first-order chi connectivity index (χ1) is 36.9. The normalized spacial score (nSPS) is 16.9. The number of likely N-dealkylation sites (N-methyl/N-ethyl adjacent to an activating group) is 2. The van der Waals surface area contributed by atoms with Crippen molar-refractivity contribution >= 4 is 59.0 Å². The first kappa shape index (κ1) is 57.0. The number of nitrogens with one attached hydrogen (secondary N) is 6. The fraction of sp³-hybridized carbons (Fsp3) is 0.500. The second kappa shape index (κ2) is 28.9. The number of carbonyl (C=O) groups excluding carboxylic acids is 6. The van der Waals surface area contributed by atoms with E-state index in [2.05, 4.69) is 63.0 Å². The van der Waals surface area contributed by atoms with Crippen LogP contribution in [0.3, 0.4) is 0 Å². The number of nitrogens with zero attached hydrogens (tertiary/aromatic N) is 10. The predicted octanol–water partition coefficient (Wildman–Crippen LogP) is 3.33. The largest absolute Gasteiger partial charge is 0.352 e. The minimum atomic E-state index is -0.768. The Bertz CT molecular complexity index is 2520. The molecule has 2 aliphatic rings. The molecule has 6 amide bonds. The van der Waals surface area contributed by atoms with E-state index >= 15 is 0 Å². The fourth-order valence-electron chi connectivity index (χ4n) is 9.11. The third-order valence-electron chi connectivity index (χ3n) is 13.7. The number of amides is 6. The van der Waals surface area contributed by atoms with Crippen LogP contribution in [0, 0.1) is 0 Å². The molecule has 0 saturated carbocycles. The first-order valence-corrected chi connectivity index (χ1v) is 27.8. The minimum absolute atomic E-state index is 0.156. The van der Waals surface area contributed by atoms with Gasteiger partial charge in [-0.05, 0) is 179 Å². The van der Waals surface area contributed by atoms with Gasteiger partial charge in [0, 0.05) is 47.1 Å². The van der Waals surface area contributed by atoms with Gasteiger partial charge in [-0.3, -0.25) is 28.8 Å². The lowest BCUT2D eigenvalue weighted by Gasteiger charge is -2.30. The van der Waals surface area contributed by atoms with Crippen molar-refractivity contribution in [3.05, 3.63) is 96.1 Å². The quantitative estimate of drug-likeness (QED) is 0.0392. The van der Waals surface area contributed by atoms with E-state index in [1.54, 1.807) is 61.6 Å². The van der Waals surface area contributed by atoms with Crippen molar-refractivity contribution in [3.8, 4) is 0 Å². The van der Waals surface area contributed by atoms with Crippen molar-refractivity contribution in [1.29, 1.82) is 0 Å². The maximum atomic E-state index is 14.2. The van der Waals surface area contributed by atoms with Gasteiger partial charge in [0.05, 0.1) is 37.3 Å². The summed E-state index contributed by atoms with van der Waals surface area (Å²) in [6, 6.07) is 23.3. The van der Waals surface area contributed by atoms with Crippen LogP contribution in [0.1, 0.15) is 98.8 Å². The molecule has 0 radical (unpaired) electrons. The summed E-state index contributed by atoms with van der Waals surface area (Å²) in [4.78, 5) is 86.9. The van der Waals surface area contributed by atoms with E-state index in [1.165, 1.54) is 23.5 Å². The highest BCUT2D eigenvalue weighted by molar-refractivity contribution is 7.99. The molecule has 0 bridgehead atoms. The van der Waals surface area contributed by atoms with Crippen LogP contribution in [0.15, 0.2) is 105 Å². The number of hydrogen-bond donors (Lipinski definition) is 6. The zero-order chi connectivity index (χ0) is 53.8. The number of aromatic nitrogens is 8. The summed E-state index contributed by atoms with van der Waals surface area (Å²) in [5, 5.41) is 43.6. The average molecular weight is 1080 g/mol. The van der Waals surface area contributed by atoms with Crippen molar-refractivity contribution in [2.45, 2.75) is 148 Å². The molecule has 7 rings (SSSR count). The van der Waals surface area contributed by atoms with E-state index < -0.39 is 24.2 Å². The fourth-order valence-corrected chi connectivity index (χ4v) is 10.7. The van der Waals surface area contributed by atoms with Gasteiger partial charge < -0.3 is 41.7 Å². The van der Waals surface area contributed by atoms with Crippen LogP contribution in [-0.4, -0.2) is 162 Å². The van der Waals surface area contributed by atoms with Gasteiger partial charge in [-0.25, -0.2) is 9.36 Å². The Balaban J connectivity index is 0.862. The Morgan fingerprint density at radius 3 is 1.41 bits per heavy atom. The van der Waals surface area contributed by atoms with Crippen molar-refractivity contribution in [2.75, 3.05) is 40.3 Å². The summed E-state index contributed by atoms with van der Waals surface area (Å²) < 4.78 is 3.45. The molecule has 4 heterocycles. The summed E-state index contributed by atoms with van der Waals surface area (Å²) in [7, 11) is 3.38. The topological polar surface area (TPSA) is 268 Å². The van der Waals surface area contributed by atoms with Crippen LogP contribution in [0.5, 0.6) is 0 Å². The third-order valence-corrected chi connectivity index (χ3v) is 15.6. The van der Waals surface area contributed by atoms with E-state index in [9.17, 15) is 28.8 Å². The number of tetrazole rings is 2. The molecule has 0 spiro atoms.